The number of aromatic nitrogens is 2. The number of ether oxygens (including phenoxy) is 4. The zero-order valence-corrected chi connectivity index (χ0v) is 20.5. The molecule has 9 nitrogen and oxygen atoms in total. The summed E-state index contributed by atoms with van der Waals surface area (Å²) in [5.41, 5.74) is 2.02. The van der Waals surface area contributed by atoms with Crippen molar-refractivity contribution in [2.24, 2.45) is 5.92 Å². The second-order valence-electron chi connectivity index (χ2n) is 9.11. The van der Waals surface area contributed by atoms with E-state index in [0.29, 0.717) is 47.2 Å². The predicted octanol–water partition coefficient (Wildman–Crippen LogP) is 2.43. The van der Waals surface area contributed by atoms with Crippen molar-refractivity contribution in [2.75, 3.05) is 35.0 Å². The zero-order valence-electron chi connectivity index (χ0n) is 20.5. The lowest BCUT2D eigenvalue weighted by atomic mass is 9.73. The van der Waals surface area contributed by atoms with Crippen molar-refractivity contribution in [3.63, 3.8) is 0 Å². The highest BCUT2D eigenvalue weighted by Crippen LogP contribution is 2.45. The molecule has 9 heteroatoms. The van der Waals surface area contributed by atoms with E-state index in [-0.39, 0.29) is 17.4 Å². The molecule has 0 spiro atoms. The van der Waals surface area contributed by atoms with Crippen LogP contribution in [0.15, 0.2) is 33.9 Å². The van der Waals surface area contributed by atoms with Crippen molar-refractivity contribution in [1.29, 1.82) is 0 Å². The Morgan fingerprint density at radius 2 is 1.77 bits per heavy atom. The Hall–Kier alpha value is -3.46. The second-order valence-corrected chi connectivity index (χ2v) is 9.11. The number of benzene rings is 2. The largest absolute Gasteiger partial charge is 0.496 e. The summed E-state index contributed by atoms with van der Waals surface area (Å²) in [5, 5.41) is 3.96. The molecule has 1 aromatic heterocycles. The van der Waals surface area contributed by atoms with Gasteiger partial charge in [0.2, 0.25) is 5.75 Å². The summed E-state index contributed by atoms with van der Waals surface area (Å²) < 4.78 is 23.1. The number of aromatic amines is 1. The molecule has 0 saturated carbocycles. The number of nitrogens with one attached hydrogen (secondary N) is 2. The molecule has 2 aromatic carbocycles. The summed E-state index contributed by atoms with van der Waals surface area (Å²) in [6, 6.07) is 7.99. The Morgan fingerprint density at radius 3 is 2.49 bits per heavy atom. The molecule has 0 amide bonds. The number of hydrogen-bond acceptors (Lipinski definition) is 7. The molecule has 0 bridgehead atoms. The van der Waals surface area contributed by atoms with E-state index in [4.69, 9.17) is 18.9 Å². The van der Waals surface area contributed by atoms with Crippen molar-refractivity contribution >= 4 is 10.9 Å². The van der Waals surface area contributed by atoms with E-state index < -0.39 is 5.69 Å². The van der Waals surface area contributed by atoms with Crippen LogP contribution in [0.5, 0.6) is 23.0 Å². The van der Waals surface area contributed by atoms with E-state index in [0.717, 1.165) is 25.1 Å². The Bertz CT molecular complexity index is 1380. The number of hydrogen-bond donors (Lipinski definition) is 2. The number of methoxy groups -OCH3 is 4. The first-order valence-corrected chi connectivity index (χ1v) is 11.9. The van der Waals surface area contributed by atoms with E-state index in [2.05, 4.69) is 16.4 Å². The summed E-state index contributed by atoms with van der Waals surface area (Å²) in [5.74, 6) is 2.74. The molecule has 2 aliphatic rings. The third kappa shape index (κ3) is 3.74. The molecule has 35 heavy (non-hydrogen) atoms. The summed E-state index contributed by atoms with van der Waals surface area (Å²) in [4.78, 5) is 29.2. The Morgan fingerprint density at radius 1 is 1.00 bits per heavy atom. The number of fused-ring (bicyclic) bond motifs is 4. The van der Waals surface area contributed by atoms with E-state index in [1.807, 2.05) is 12.1 Å². The molecule has 1 fully saturated rings. The molecular formula is C26H31N3O6. The van der Waals surface area contributed by atoms with Gasteiger partial charge in [0.1, 0.15) is 11.3 Å². The van der Waals surface area contributed by atoms with Gasteiger partial charge in [-0.25, -0.2) is 4.79 Å². The third-order valence-corrected chi connectivity index (χ3v) is 7.54. The summed E-state index contributed by atoms with van der Waals surface area (Å²) in [6.45, 7) is 1.23. The van der Waals surface area contributed by atoms with Crippen LogP contribution in [0, 0.1) is 5.92 Å². The maximum atomic E-state index is 13.4. The molecule has 186 valence electrons. The lowest BCUT2D eigenvalue weighted by Gasteiger charge is -2.32. The van der Waals surface area contributed by atoms with Crippen LogP contribution in [0.2, 0.25) is 0 Å². The second kappa shape index (κ2) is 9.30. The average Bonchev–Trinajstić information content (AvgIpc) is 3.30. The predicted molar refractivity (Wildman–Crippen MR) is 132 cm³/mol. The van der Waals surface area contributed by atoms with Crippen molar-refractivity contribution in [1.82, 2.24) is 14.9 Å². The molecule has 3 aromatic rings. The molecule has 5 rings (SSSR count). The Kier molecular flexibility index (Phi) is 6.19. The topological polar surface area (TPSA) is 104 Å². The lowest BCUT2D eigenvalue weighted by molar-refractivity contribution is 0.326. The van der Waals surface area contributed by atoms with E-state index in [1.165, 1.54) is 37.0 Å². The van der Waals surface area contributed by atoms with Crippen molar-refractivity contribution in [3.05, 3.63) is 56.2 Å². The summed E-state index contributed by atoms with van der Waals surface area (Å²) >= 11 is 0. The van der Waals surface area contributed by atoms with E-state index in [1.54, 1.807) is 13.2 Å². The van der Waals surface area contributed by atoms with Gasteiger partial charge in [-0.2, -0.15) is 0 Å². The smallest absolute Gasteiger partial charge is 0.328 e. The SMILES string of the molecule is COc1cccc2c1CCC1CNC(CCn3c(=O)[nH]c4c(OC)c(OC)c(OC)cc4c3=O)C21. The lowest BCUT2D eigenvalue weighted by Crippen LogP contribution is -2.38. The molecule has 2 N–H and O–H groups in total. The molecule has 3 atom stereocenters. The summed E-state index contributed by atoms with van der Waals surface area (Å²) in [7, 11) is 6.14. The molecule has 3 unspecified atom stereocenters. The van der Waals surface area contributed by atoms with Crippen LogP contribution in [0.25, 0.3) is 10.9 Å². The first kappa shape index (κ1) is 23.3. The third-order valence-electron chi connectivity index (χ3n) is 7.54. The fraction of sp³-hybridized carbons (Fsp3) is 0.462. The van der Waals surface area contributed by atoms with Crippen LogP contribution in [0.4, 0.5) is 0 Å². The first-order chi connectivity index (χ1) is 17.0. The highest BCUT2D eigenvalue weighted by atomic mass is 16.5. The summed E-state index contributed by atoms with van der Waals surface area (Å²) in [6.07, 6.45) is 2.75. The quantitative estimate of drug-likeness (QED) is 0.534. The highest BCUT2D eigenvalue weighted by molar-refractivity contribution is 5.89. The van der Waals surface area contributed by atoms with Gasteiger partial charge >= 0.3 is 5.69 Å². The van der Waals surface area contributed by atoms with E-state index >= 15 is 0 Å². The van der Waals surface area contributed by atoms with Crippen LogP contribution in [-0.4, -0.2) is 50.6 Å². The molecule has 1 saturated heterocycles. The molecular weight excluding hydrogens is 450 g/mol. The minimum Gasteiger partial charge on any atom is -0.496 e. The number of rotatable bonds is 7. The van der Waals surface area contributed by atoms with Gasteiger partial charge in [0, 0.05) is 18.5 Å². The fourth-order valence-corrected chi connectivity index (χ4v) is 5.93. The maximum Gasteiger partial charge on any atom is 0.328 e. The Labute approximate surface area is 203 Å². The monoisotopic (exact) mass is 481 g/mol. The van der Waals surface area contributed by atoms with Crippen LogP contribution < -0.4 is 35.5 Å². The van der Waals surface area contributed by atoms with E-state index in [9.17, 15) is 9.59 Å². The van der Waals surface area contributed by atoms with Gasteiger partial charge in [0.05, 0.1) is 33.8 Å². The van der Waals surface area contributed by atoms with Gasteiger partial charge in [-0.05, 0) is 55.0 Å². The van der Waals surface area contributed by atoms with Gasteiger partial charge < -0.3 is 29.2 Å². The van der Waals surface area contributed by atoms with Crippen LogP contribution in [0.3, 0.4) is 0 Å². The minimum atomic E-state index is -0.478. The van der Waals surface area contributed by atoms with Gasteiger partial charge in [-0.1, -0.05) is 12.1 Å². The highest BCUT2D eigenvalue weighted by Gasteiger charge is 2.40. The normalized spacial score (nSPS) is 20.9. The first-order valence-electron chi connectivity index (χ1n) is 11.9. The van der Waals surface area contributed by atoms with Gasteiger partial charge in [-0.3, -0.25) is 9.36 Å². The van der Waals surface area contributed by atoms with Crippen LogP contribution >= 0.6 is 0 Å². The minimum absolute atomic E-state index is 0.160. The van der Waals surface area contributed by atoms with Crippen LogP contribution in [-0.2, 0) is 13.0 Å². The zero-order chi connectivity index (χ0) is 24.7. The van der Waals surface area contributed by atoms with Gasteiger partial charge in [-0.15, -0.1) is 0 Å². The Balaban J connectivity index is 1.49. The molecule has 0 radical (unpaired) electrons. The molecule has 1 aliphatic heterocycles. The fourth-order valence-electron chi connectivity index (χ4n) is 5.93. The number of nitrogens with zero attached hydrogens (tertiary/aromatic N) is 1. The van der Waals surface area contributed by atoms with Crippen molar-refractivity contribution in [3.8, 4) is 23.0 Å². The van der Waals surface area contributed by atoms with Crippen molar-refractivity contribution < 1.29 is 18.9 Å². The van der Waals surface area contributed by atoms with Crippen molar-refractivity contribution in [2.45, 2.75) is 37.8 Å². The van der Waals surface area contributed by atoms with Crippen LogP contribution in [0.1, 0.15) is 29.9 Å². The van der Waals surface area contributed by atoms with Gasteiger partial charge in [0.25, 0.3) is 5.56 Å². The number of H-pyrrole nitrogens is 1. The molecule has 1 aliphatic carbocycles. The van der Waals surface area contributed by atoms with Gasteiger partial charge in [0.15, 0.2) is 11.5 Å². The average molecular weight is 482 g/mol. The maximum absolute atomic E-state index is 13.4. The molecule has 2 heterocycles. The standard InChI is InChI=1S/C26H31N3O6/c1-32-19-7-5-6-16-15(19)9-8-14-13-27-18(21(14)16)10-11-29-25(30)17-12-20(33-2)23(34-3)24(35-4)22(17)28-26(29)31/h5-7,12,14,18,21,27H,8-11,13H2,1-4H3,(H,28,31).